The molecule has 1 aromatic heterocycles. The number of hydrogen-bond donors (Lipinski definition) is 1. The maximum Gasteiger partial charge on any atom is 0.573 e. The number of halogens is 8. The van der Waals surface area contributed by atoms with Crippen molar-refractivity contribution in [2.24, 2.45) is 0 Å². The summed E-state index contributed by atoms with van der Waals surface area (Å²) in [6.45, 7) is 3.24. The number of amides is 1. The highest BCUT2D eigenvalue weighted by molar-refractivity contribution is 6.00. The van der Waals surface area contributed by atoms with Crippen LogP contribution in [0.3, 0.4) is 0 Å². The van der Waals surface area contributed by atoms with Gasteiger partial charge in [-0.3, -0.25) is 15.1 Å². The second kappa shape index (κ2) is 10.1. The summed E-state index contributed by atoms with van der Waals surface area (Å²) in [6, 6.07) is 7.28. The van der Waals surface area contributed by atoms with E-state index in [2.05, 4.69) is 15.0 Å². The van der Waals surface area contributed by atoms with Gasteiger partial charge < -0.3 is 9.64 Å². The van der Waals surface area contributed by atoms with E-state index in [-0.39, 0.29) is 17.7 Å². The first-order chi connectivity index (χ1) is 18.0. The molecule has 0 spiro atoms. The zero-order valence-electron chi connectivity index (χ0n) is 20.4. The van der Waals surface area contributed by atoms with Crippen LogP contribution in [-0.2, 0) is 16.5 Å². The third-order valence-electron chi connectivity index (χ3n) is 6.23. The Hall–Kier alpha value is -3.74. The van der Waals surface area contributed by atoms with Crippen molar-refractivity contribution in [3.05, 3.63) is 89.2 Å². The number of ether oxygens (including phenoxy) is 1. The van der Waals surface area contributed by atoms with Crippen LogP contribution in [0.2, 0.25) is 0 Å². The summed E-state index contributed by atoms with van der Waals surface area (Å²) in [5.74, 6) is -2.88. The molecule has 0 bridgehead atoms. The number of benzene rings is 2. The van der Waals surface area contributed by atoms with Crippen molar-refractivity contribution in [3.63, 3.8) is 0 Å². The summed E-state index contributed by atoms with van der Waals surface area (Å²) >= 11 is 0. The molecule has 13 heteroatoms. The molecule has 1 amide bonds. The molecule has 0 saturated carbocycles. The van der Waals surface area contributed by atoms with Crippen molar-refractivity contribution >= 4 is 11.6 Å². The first kappa shape index (κ1) is 28.3. The summed E-state index contributed by atoms with van der Waals surface area (Å²) in [5.41, 5.74) is -1.58. The molecule has 1 aliphatic heterocycles. The molecule has 2 heterocycles. The predicted molar refractivity (Wildman–Crippen MR) is 124 cm³/mol. The number of aromatic nitrogens is 1. The monoisotopic (exact) mass is 559 g/mol. The average molecular weight is 559 g/mol. The van der Waals surface area contributed by atoms with Gasteiger partial charge in [-0.25, -0.2) is 8.78 Å². The Bertz CT molecular complexity index is 1320. The second-order valence-electron chi connectivity index (χ2n) is 9.46. The number of carbonyl (C=O) groups excluding carboxylic acids is 1. The van der Waals surface area contributed by atoms with Gasteiger partial charge in [0.25, 0.3) is 0 Å². The molecule has 4 rings (SSSR count). The standard InChI is InChI=1S/C26H21F8N3O2/c1-24(2,15-3-8-22(35-13-15)25(29,30)31)36-20-12-21(14-9-16(27)11-17(28)10-14)37(23(20)38)18-4-6-19(7-5-18)39-26(32,33)34/h3-11,13,20-21,36H,12H2,1-2H3/t20-,21-/m1/s1. The van der Waals surface area contributed by atoms with Crippen molar-refractivity contribution < 1.29 is 44.7 Å². The average Bonchev–Trinajstić information content (AvgIpc) is 3.13. The summed E-state index contributed by atoms with van der Waals surface area (Å²) in [5, 5.41) is 3.08. The van der Waals surface area contributed by atoms with E-state index in [0.29, 0.717) is 11.6 Å². The van der Waals surface area contributed by atoms with Crippen LogP contribution in [0.25, 0.3) is 0 Å². The zero-order valence-corrected chi connectivity index (χ0v) is 20.4. The molecule has 5 nitrogen and oxygen atoms in total. The van der Waals surface area contributed by atoms with Crippen molar-refractivity contribution in [1.82, 2.24) is 10.3 Å². The summed E-state index contributed by atoms with van der Waals surface area (Å²) in [7, 11) is 0. The Morgan fingerprint density at radius 3 is 2.05 bits per heavy atom. The van der Waals surface area contributed by atoms with Gasteiger partial charge in [0.1, 0.15) is 23.1 Å². The van der Waals surface area contributed by atoms with Crippen LogP contribution in [-0.4, -0.2) is 23.3 Å². The lowest BCUT2D eigenvalue weighted by Gasteiger charge is -2.30. The maximum absolute atomic E-state index is 14.1. The molecule has 1 fully saturated rings. The van der Waals surface area contributed by atoms with Gasteiger partial charge in [-0.2, -0.15) is 13.2 Å². The number of hydrogen-bond acceptors (Lipinski definition) is 4. The van der Waals surface area contributed by atoms with E-state index in [1.54, 1.807) is 13.8 Å². The van der Waals surface area contributed by atoms with E-state index in [1.165, 1.54) is 23.1 Å². The molecule has 1 saturated heterocycles. The Labute approximate surface area is 217 Å². The molecule has 2 atom stereocenters. The Kier molecular flexibility index (Phi) is 7.32. The van der Waals surface area contributed by atoms with Crippen molar-refractivity contribution in [2.45, 2.75) is 50.4 Å². The minimum Gasteiger partial charge on any atom is -0.406 e. The zero-order chi connectivity index (χ0) is 28.8. The Balaban J connectivity index is 1.66. The summed E-state index contributed by atoms with van der Waals surface area (Å²) in [4.78, 5) is 18.2. The Morgan fingerprint density at radius 1 is 0.923 bits per heavy atom. The maximum atomic E-state index is 14.1. The highest BCUT2D eigenvalue weighted by atomic mass is 19.4. The number of carbonyl (C=O) groups is 1. The number of rotatable bonds is 6. The second-order valence-corrected chi connectivity index (χ2v) is 9.46. The van der Waals surface area contributed by atoms with Gasteiger partial charge in [0.2, 0.25) is 5.91 Å². The fourth-order valence-electron chi connectivity index (χ4n) is 4.49. The lowest BCUT2D eigenvalue weighted by Crippen LogP contribution is -2.47. The van der Waals surface area contributed by atoms with E-state index >= 15 is 0 Å². The van der Waals surface area contributed by atoms with Crippen molar-refractivity contribution in [2.75, 3.05) is 4.90 Å². The molecule has 39 heavy (non-hydrogen) atoms. The molecular weight excluding hydrogens is 538 g/mol. The smallest absolute Gasteiger partial charge is 0.406 e. The van der Waals surface area contributed by atoms with Crippen LogP contribution in [0.1, 0.15) is 43.1 Å². The van der Waals surface area contributed by atoms with E-state index < -0.39 is 59.1 Å². The third kappa shape index (κ3) is 6.47. The van der Waals surface area contributed by atoms with Crippen molar-refractivity contribution in [3.8, 4) is 5.75 Å². The summed E-state index contributed by atoms with van der Waals surface area (Å²) in [6.07, 6.45) is -8.54. The number of alkyl halides is 6. The van der Waals surface area contributed by atoms with Gasteiger partial charge in [0.05, 0.1) is 12.1 Å². The number of nitrogens with one attached hydrogen (secondary N) is 1. The predicted octanol–water partition coefficient (Wildman–Crippen LogP) is 6.65. The molecule has 0 aliphatic carbocycles. The molecule has 0 radical (unpaired) electrons. The van der Waals surface area contributed by atoms with Gasteiger partial charge in [-0.1, -0.05) is 6.07 Å². The van der Waals surface area contributed by atoms with Crippen LogP contribution in [0.4, 0.5) is 40.8 Å². The van der Waals surface area contributed by atoms with E-state index in [0.717, 1.165) is 36.5 Å². The molecular formula is C26H21F8N3O2. The van der Waals surface area contributed by atoms with Gasteiger partial charge in [0.15, 0.2) is 0 Å². The number of nitrogens with zero attached hydrogens (tertiary/aromatic N) is 2. The fraction of sp³-hybridized carbons (Fsp3) is 0.308. The number of pyridine rings is 1. The fourth-order valence-corrected chi connectivity index (χ4v) is 4.49. The molecule has 0 unspecified atom stereocenters. The van der Waals surface area contributed by atoms with Crippen LogP contribution in [0.15, 0.2) is 60.8 Å². The highest BCUT2D eigenvalue weighted by Crippen LogP contribution is 2.40. The quantitative estimate of drug-likeness (QED) is 0.344. The van der Waals surface area contributed by atoms with E-state index in [4.69, 9.17) is 0 Å². The lowest BCUT2D eigenvalue weighted by molar-refractivity contribution is -0.274. The van der Waals surface area contributed by atoms with Crippen LogP contribution < -0.4 is 15.0 Å². The van der Waals surface area contributed by atoms with Gasteiger partial charge in [0, 0.05) is 23.5 Å². The molecule has 1 N–H and O–H groups in total. The lowest BCUT2D eigenvalue weighted by atomic mass is 9.93. The first-order valence-corrected chi connectivity index (χ1v) is 11.5. The molecule has 208 valence electrons. The normalized spacial score (nSPS) is 18.5. The number of anilines is 1. The van der Waals surface area contributed by atoms with Gasteiger partial charge >= 0.3 is 12.5 Å². The van der Waals surface area contributed by atoms with E-state index in [1.807, 2.05) is 0 Å². The molecule has 1 aliphatic rings. The van der Waals surface area contributed by atoms with Crippen LogP contribution in [0, 0.1) is 11.6 Å². The molecule has 2 aromatic carbocycles. The largest absolute Gasteiger partial charge is 0.573 e. The van der Waals surface area contributed by atoms with Gasteiger partial charge in [-0.05, 0) is 73.9 Å². The topological polar surface area (TPSA) is 54.5 Å². The highest BCUT2D eigenvalue weighted by Gasteiger charge is 2.44. The minimum atomic E-state index is -4.93. The summed E-state index contributed by atoms with van der Waals surface area (Å²) < 4.78 is 108. The molecule has 3 aromatic rings. The van der Waals surface area contributed by atoms with Gasteiger partial charge in [-0.15, -0.1) is 13.2 Å². The van der Waals surface area contributed by atoms with Crippen LogP contribution in [0.5, 0.6) is 5.75 Å². The SMILES string of the molecule is CC(C)(N[C@@H]1C[C@H](c2cc(F)cc(F)c2)N(c2ccc(OC(F)(F)F)cc2)C1=O)c1ccc(C(F)(F)F)nc1. The van der Waals surface area contributed by atoms with Crippen LogP contribution >= 0.6 is 0 Å². The first-order valence-electron chi connectivity index (χ1n) is 11.5. The van der Waals surface area contributed by atoms with E-state index in [9.17, 15) is 39.9 Å². The minimum absolute atomic E-state index is 0.0139. The third-order valence-corrected chi connectivity index (χ3v) is 6.23. The Morgan fingerprint density at radius 2 is 1.54 bits per heavy atom. The van der Waals surface area contributed by atoms with Crippen molar-refractivity contribution in [1.29, 1.82) is 0 Å².